The fourth-order valence-corrected chi connectivity index (χ4v) is 3.19. The predicted octanol–water partition coefficient (Wildman–Crippen LogP) is 4.87. The van der Waals surface area contributed by atoms with Crippen molar-refractivity contribution in [2.75, 3.05) is 24.3 Å². The van der Waals surface area contributed by atoms with Crippen LogP contribution in [0, 0.1) is 13.8 Å². The van der Waals surface area contributed by atoms with Crippen LogP contribution in [0.25, 0.3) is 5.69 Å². The number of aromatic nitrogens is 1. The Bertz CT molecular complexity index is 996. The maximum atomic E-state index is 11.1. The maximum Gasteiger partial charge on any atom is 0.221 e. The SMILES string of the molecule is CC(=O)Nc1ccc(N=Cc2cc(C)n(-c3ccc(N(C)C)cc3)c2C)cc1. The number of nitrogens with zero attached hydrogens (tertiary/aromatic N) is 3. The van der Waals surface area contributed by atoms with Crippen molar-refractivity contribution in [3.8, 4) is 5.69 Å². The number of aliphatic imine (C=N–C) groups is 1. The van der Waals surface area contributed by atoms with Crippen LogP contribution in [0.4, 0.5) is 17.1 Å². The molecule has 0 aliphatic heterocycles. The second-order valence-corrected chi connectivity index (χ2v) is 7.06. The number of nitrogens with one attached hydrogen (secondary N) is 1. The largest absolute Gasteiger partial charge is 0.378 e. The van der Waals surface area contributed by atoms with E-state index in [1.165, 1.54) is 12.6 Å². The van der Waals surface area contributed by atoms with Crippen molar-refractivity contribution in [2.45, 2.75) is 20.8 Å². The Morgan fingerprint density at radius 2 is 1.68 bits per heavy atom. The number of hydrogen-bond donors (Lipinski definition) is 1. The molecule has 0 saturated carbocycles. The van der Waals surface area contributed by atoms with Crippen molar-refractivity contribution in [3.63, 3.8) is 0 Å². The molecule has 0 aliphatic rings. The van der Waals surface area contributed by atoms with Gasteiger partial charge in [-0.15, -0.1) is 0 Å². The molecule has 28 heavy (non-hydrogen) atoms. The Balaban J connectivity index is 1.83. The van der Waals surface area contributed by atoms with Crippen LogP contribution in [-0.4, -0.2) is 30.8 Å². The van der Waals surface area contributed by atoms with E-state index in [9.17, 15) is 4.79 Å². The zero-order valence-electron chi connectivity index (χ0n) is 17.0. The second-order valence-electron chi connectivity index (χ2n) is 7.06. The first kappa shape index (κ1) is 19.4. The average Bonchev–Trinajstić information content (AvgIpc) is 2.94. The van der Waals surface area contributed by atoms with Gasteiger partial charge in [-0.2, -0.15) is 0 Å². The molecule has 1 amide bonds. The van der Waals surface area contributed by atoms with E-state index in [0.29, 0.717) is 0 Å². The number of carbonyl (C=O) groups is 1. The molecule has 3 rings (SSSR count). The molecule has 2 aromatic carbocycles. The molecule has 0 spiro atoms. The van der Waals surface area contributed by atoms with Crippen LogP contribution >= 0.6 is 0 Å². The van der Waals surface area contributed by atoms with Crippen molar-refractivity contribution in [1.29, 1.82) is 0 Å². The van der Waals surface area contributed by atoms with Crippen molar-refractivity contribution in [1.82, 2.24) is 4.57 Å². The van der Waals surface area contributed by atoms with Gasteiger partial charge in [0.1, 0.15) is 0 Å². The van der Waals surface area contributed by atoms with Gasteiger partial charge < -0.3 is 14.8 Å². The molecule has 144 valence electrons. The number of benzene rings is 2. The van der Waals surface area contributed by atoms with Crippen LogP contribution < -0.4 is 10.2 Å². The quantitative estimate of drug-likeness (QED) is 0.648. The van der Waals surface area contributed by atoms with Gasteiger partial charge in [-0.25, -0.2) is 0 Å². The van der Waals surface area contributed by atoms with E-state index in [-0.39, 0.29) is 5.91 Å². The van der Waals surface area contributed by atoms with Crippen LogP contribution in [0.2, 0.25) is 0 Å². The van der Waals surface area contributed by atoms with E-state index < -0.39 is 0 Å². The number of carbonyl (C=O) groups excluding carboxylic acids is 1. The minimum atomic E-state index is -0.0812. The molecule has 3 aromatic rings. The third kappa shape index (κ3) is 4.31. The molecule has 0 unspecified atom stereocenters. The number of hydrogen-bond acceptors (Lipinski definition) is 3. The minimum Gasteiger partial charge on any atom is -0.378 e. The van der Waals surface area contributed by atoms with E-state index in [2.05, 4.69) is 64.0 Å². The lowest BCUT2D eigenvalue weighted by Crippen LogP contribution is -2.08. The molecule has 1 aromatic heterocycles. The topological polar surface area (TPSA) is 49.6 Å². The monoisotopic (exact) mass is 374 g/mol. The summed E-state index contributed by atoms with van der Waals surface area (Å²) < 4.78 is 2.24. The van der Waals surface area contributed by atoms with Gasteiger partial charge in [0.15, 0.2) is 0 Å². The fraction of sp³-hybridized carbons (Fsp3) is 0.217. The summed E-state index contributed by atoms with van der Waals surface area (Å²) in [7, 11) is 4.08. The maximum absolute atomic E-state index is 11.1. The summed E-state index contributed by atoms with van der Waals surface area (Å²) in [6.07, 6.45) is 1.89. The number of amides is 1. The van der Waals surface area contributed by atoms with Crippen molar-refractivity contribution in [3.05, 3.63) is 71.5 Å². The lowest BCUT2D eigenvalue weighted by molar-refractivity contribution is -0.114. The summed E-state index contributed by atoms with van der Waals surface area (Å²) in [5.41, 5.74) is 7.32. The fourth-order valence-electron chi connectivity index (χ4n) is 3.19. The summed E-state index contributed by atoms with van der Waals surface area (Å²) in [6.45, 7) is 5.70. The zero-order chi connectivity index (χ0) is 20.3. The highest BCUT2D eigenvalue weighted by molar-refractivity contribution is 5.89. The number of anilines is 2. The molecule has 1 N–H and O–H groups in total. The minimum absolute atomic E-state index is 0.0812. The smallest absolute Gasteiger partial charge is 0.221 e. The Hall–Kier alpha value is -3.34. The molecule has 0 atom stereocenters. The molecule has 1 heterocycles. The normalized spacial score (nSPS) is 11.0. The lowest BCUT2D eigenvalue weighted by atomic mass is 10.2. The van der Waals surface area contributed by atoms with E-state index in [0.717, 1.165) is 34.0 Å². The standard InChI is InChI=1S/C23H26N4O/c1-16-14-19(15-24-20-6-8-21(9-7-20)25-18(3)28)17(2)27(16)23-12-10-22(11-13-23)26(4)5/h6-15H,1-5H3,(H,25,28). The van der Waals surface area contributed by atoms with Gasteiger partial charge in [-0.3, -0.25) is 9.79 Å². The van der Waals surface area contributed by atoms with Crippen LogP contribution in [-0.2, 0) is 4.79 Å². The second kappa shape index (κ2) is 8.13. The Kier molecular flexibility index (Phi) is 5.64. The van der Waals surface area contributed by atoms with Gasteiger partial charge in [0.05, 0.1) is 5.69 Å². The van der Waals surface area contributed by atoms with Crippen LogP contribution in [0.3, 0.4) is 0 Å². The van der Waals surface area contributed by atoms with E-state index in [4.69, 9.17) is 0 Å². The molecule has 5 heteroatoms. The first-order valence-corrected chi connectivity index (χ1v) is 9.23. The Morgan fingerprint density at radius 3 is 2.25 bits per heavy atom. The highest BCUT2D eigenvalue weighted by Crippen LogP contribution is 2.23. The Labute approximate surface area is 166 Å². The van der Waals surface area contributed by atoms with E-state index in [1.54, 1.807) is 0 Å². The van der Waals surface area contributed by atoms with Gasteiger partial charge in [0.25, 0.3) is 0 Å². The lowest BCUT2D eigenvalue weighted by Gasteiger charge is -2.14. The molecular weight excluding hydrogens is 348 g/mol. The third-order valence-corrected chi connectivity index (χ3v) is 4.63. The van der Waals surface area contributed by atoms with Crippen LogP contribution in [0.5, 0.6) is 0 Å². The first-order valence-electron chi connectivity index (χ1n) is 9.23. The third-order valence-electron chi connectivity index (χ3n) is 4.63. The average molecular weight is 374 g/mol. The summed E-state index contributed by atoms with van der Waals surface area (Å²) in [4.78, 5) is 17.8. The summed E-state index contributed by atoms with van der Waals surface area (Å²) in [5, 5.41) is 2.76. The highest BCUT2D eigenvalue weighted by Gasteiger charge is 2.09. The van der Waals surface area contributed by atoms with Gasteiger partial charge in [-0.1, -0.05) is 0 Å². The molecular formula is C23H26N4O. The van der Waals surface area contributed by atoms with Crippen LogP contribution in [0.1, 0.15) is 23.9 Å². The molecule has 0 radical (unpaired) electrons. The van der Waals surface area contributed by atoms with Gasteiger partial charge in [0, 0.05) is 61.2 Å². The van der Waals surface area contributed by atoms with Crippen molar-refractivity contribution in [2.24, 2.45) is 4.99 Å². The van der Waals surface area contributed by atoms with Gasteiger partial charge >= 0.3 is 0 Å². The first-order chi connectivity index (χ1) is 13.3. The number of aryl methyl sites for hydroxylation is 1. The van der Waals surface area contributed by atoms with E-state index >= 15 is 0 Å². The van der Waals surface area contributed by atoms with E-state index in [1.807, 2.05) is 44.6 Å². The molecule has 0 saturated heterocycles. The summed E-state index contributed by atoms with van der Waals surface area (Å²) in [5.74, 6) is -0.0812. The van der Waals surface area contributed by atoms with Crippen molar-refractivity contribution < 1.29 is 4.79 Å². The summed E-state index contributed by atoms with van der Waals surface area (Å²) >= 11 is 0. The van der Waals surface area contributed by atoms with Crippen molar-refractivity contribution >= 4 is 29.2 Å². The van der Waals surface area contributed by atoms with Crippen LogP contribution in [0.15, 0.2) is 59.6 Å². The van der Waals surface area contributed by atoms with Gasteiger partial charge in [0.2, 0.25) is 5.91 Å². The zero-order valence-corrected chi connectivity index (χ0v) is 17.0. The molecule has 0 fully saturated rings. The molecule has 0 aliphatic carbocycles. The van der Waals surface area contributed by atoms with Gasteiger partial charge in [-0.05, 0) is 68.4 Å². The highest BCUT2D eigenvalue weighted by atomic mass is 16.1. The Morgan fingerprint density at radius 1 is 1.04 bits per heavy atom. The predicted molar refractivity (Wildman–Crippen MR) is 118 cm³/mol. The number of rotatable bonds is 5. The molecule has 0 bridgehead atoms. The summed E-state index contributed by atoms with van der Waals surface area (Å²) in [6, 6.07) is 18.1. The molecule has 5 nitrogen and oxygen atoms in total.